The Bertz CT molecular complexity index is 729. The van der Waals surface area contributed by atoms with Crippen molar-refractivity contribution in [2.45, 2.75) is 38.6 Å². The Morgan fingerprint density at radius 3 is 2.80 bits per heavy atom. The van der Waals surface area contributed by atoms with Crippen molar-refractivity contribution in [1.82, 2.24) is 20.3 Å². The van der Waals surface area contributed by atoms with Crippen LogP contribution >= 0.6 is 0 Å². The van der Waals surface area contributed by atoms with Gasteiger partial charge in [0.15, 0.2) is 0 Å². The lowest BCUT2D eigenvalue weighted by molar-refractivity contribution is -0.120. The van der Waals surface area contributed by atoms with Gasteiger partial charge in [0.05, 0.1) is 0 Å². The van der Waals surface area contributed by atoms with Crippen molar-refractivity contribution in [2.75, 3.05) is 23.7 Å². The fourth-order valence-electron chi connectivity index (χ4n) is 3.02. The van der Waals surface area contributed by atoms with E-state index in [4.69, 9.17) is 0 Å². The van der Waals surface area contributed by atoms with E-state index in [1.807, 2.05) is 25.3 Å². The van der Waals surface area contributed by atoms with Crippen LogP contribution < -0.4 is 16.0 Å². The van der Waals surface area contributed by atoms with Gasteiger partial charge in [-0.25, -0.2) is 9.97 Å². The smallest absolute Gasteiger partial charge is 0.217 e. The van der Waals surface area contributed by atoms with Gasteiger partial charge in [-0.15, -0.1) is 0 Å². The molecule has 1 fully saturated rings. The summed E-state index contributed by atoms with van der Waals surface area (Å²) in [5.74, 6) is 1.27. The van der Waals surface area contributed by atoms with E-state index in [0.717, 1.165) is 48.7 Å². The Hall–Kier alpha value is -2.70. The number of carbonyl (C=O) groups is 1. The molecular formula is C18H24N6O. The Morgan fingerprint density at radius 1 is 1.24 bits per heavy atom. The van der Waals surface area contributed by atoms with Crippen LogP contribution in [0.4, 0.5) is 11.5 Å². The normalized spacial score (nSPS) is 19.0. The molecule has 0 bridgehead atoms. The number of hydrogen-bond donors (Lipinski definition) is 3. The zero-order valence-electron chi connectivity index (χ0n) is 14.6. The lowest BCUT2D eigenvalue weighted by Crippen LogP contribution is -2.42. The lowest BCUT2D eigenvalue weighted by atomic mass is 9.78. The molecule has 0 aliphatic heterocycles. The van der Waals surface area contributed by atoms with Crippen molar-refractivity contribution >= 4 is 17.4 Å². The number of hydrogen-bond acceptors (Lipinski definition) is 6. The van der Waals surface area contributed by atoms with Gasteiger partial charge in [0, 0.05) is 61.8 Å². The third kappa shape index (κ3) is 4.65. The van der Waals surface area contributed by atoms with Crippen LogP contribution in [0.2, 0.25) is 0 Å². The van der Waals surface area contributed by atoms with Gasteiger partial charge in [0.1, 0.15) is 12.1 Å². The van der Waals surface area contributed by atoms with Gasteiger partial charge in [-0.3, -0.25) is 9.78 Å². The van der Waals surface area contributed by atoms with E-state index in [0.29, 0.717) is 5.92 Å². The SMILES string of the molecule is CC(=O)NC1CC(c2cc(NCCNc3ccncc3C)ncn2)C1. The zero-order chi connectivity index (χ0) is 17.6. The van der Waals surface area contributed by atoms with Gasteiger partial charge >= 0.3 is 0 Å². The van der Waals surface area contributed by atoms with E-state index in [-0.39, 0.29) is 11.9 Å². The molecule has 7 nitrogen and oxygen atoms in total. The van der Waals surface area contributed by atoms with Gasteiger partial charge in [0.25, 0.3) is 0 Å². The second-order valence-corrected chi connectivity index (χ2v) is 6.44. The first-order valence-corrected chi connectivity index (χ1v) is 8.59. The second-order valence-electron chi connectivity index (χ2n) is 6.44. The van der Waals surface area contributed by atoms with Crippen LogP contribution in [0.5, 0.6) is 0 Å². The molecule has 3 N–H and O–H groups in total. The average Bonchev–Trinajstić information content (AvgIpc) is 2.56. The zero-order valence-corrected chi connectivity index (χ0v) is 14.6. The summed E-state index contributed by atoms with van der Waals surface area (Å²) in [5.41, 5.74) is 3.27. The maximum absolute atomic E-state index is 11.1. The molecular weight excluding hydrogens is 316 g/mol. The molecule has 3 rings (SSSR count). The minimum Gasteiger partial charge on any atom is -0.383 e. The summed E-state index contributed by atoms with van der Waals surface area (Å²) in [5, 5.41) is 9.65. The topological polar surface area (TPSA) is 91.8 Å². The summed E-state index contributed by atoms with van der Waals surface area (Å²) >= 11 is 0. The van der Waals surface area contributed by atoms with Gasteiger partial charge in [0.2, 0.25) is 5.91 Å². The molecule has 2 aromatic rings. The van der Waals surface area contributed by atoms with Crippen LogP contribution in [0.1, 0.15) is 36.9 Å². The summed E-state index contributed by atoms with van der Waals surface area (Å²) in [6.45, 7) is 5.14. The molecule has 7 heteroatoms. The highest BCUT2D eigenvalue weighted by Gasteiger charge is 2.31. The number of aryl methyl sites for hydroxylation is 1. The van der Waals surface area contributed by atoms with Crippen molar-refractivity contribution in [3.05, 3.63) is 42.1 Å². The summed E-state index contributed by atoms with van der Waals surface area (Å²) < 4.78 is 0. The fraction of sp³-hybridized carbons (Fsp3) is 0.444. The van der Waals surface area contributed by atoms with Crippen molar-refractivity contribution in [1.29, 1.82) is 0 Å². The molecule has 25 heavy (non-hydrogen) atoms. The van der Waals surface area contributed by atoms with Crippen LogP contribution in [0.15, 0.2) is 30.9 Å². The molecule has 2 aromatic heterocycles. The van der Waals surface area contributed by atoms with Gasteiger partial charge in [-0.05, 0) is 31.4 Å². The van der Waals surface area contributed by atoms with Crippen LogP contribution in [0.25, 0.3) is 0 Å². The quantitative estimate of drug-likeness (QED) is 0.669. The van der Waals surface area contributed by atoms with Crippen molar-refractivity contribution in [2.24, 2.45) is 0 Å². The molecule has 0 unspecified atom stereocenters. The predicted molar refractivity (Wildman–Crippen MR) is 97.6 cm³/mol. The van der Waals surface area contributed by atoms with Crippen molar-refractivity contribution < 1.29 is 4.79 Å². The van der Waals surface area contributed by atoms with Crippen LogP contribution in [0.3, 0.4) is 0 Å². The molecule has 1 amide bonds. The highest BCUT2D eigenvalue weighted by Crippen LogP contribution is 2.36. The molecule has 0 aromatic carbocycles. The van der Waals surface area contributed by atoms with Gasteiger partial charge in [-0.1, -0.05) is 0 Å². The monoisotopic (exact) mass is 340 g/mol. The summed E-state index contributed by atoms with van der Waals surface area (Å²) in [7, 11) is 0. The molecule has 0 radical (unpaired) electrons. The van der Waals surface area contributed by atoms with E-state index in [1.54, 1.807) is 19.4 Å². The number of anilines is 2. The highest BCUT2D eigenvalue weighted by atomic mass is 16.1. The fourth-order valence-corrected chi connectivity index (χ4v) is 3.02. The molecule has 1 saturated carbocycles. The standard InChI is InChI=1S/C18H24N6O/c1-12-10-19-4-3-16(12)20-5-6-21-18-9-17(22-11-23-18)14-7-15(8-14)24-13(2)25/h3-4,9-11,14-15H,5-8H2,1-2H3,(H,19,20)(H,24,25)(H,21,22,23). The van der Waals surface area contributed by atoms with E-state index in [2.05, 4.69) is 30.9 Å². The summed E-state index contributed by atoms with van der Waals surface area (Å²) in [4.78, 5) is 23.8. The number of nitrogens with zero attached hydrogens (tertiary/aromatic N) is 3. The van der Waals surface area contributed by atoms with Crippen LogP contribution in [-0.2, 0) is 4.79 Å². The minimum absolute atomic E-state index is 0.0328. The first-order chi connectivity index (χ1) is 12.1. The van der Waals surface area contributed by atoms with Gasteiger partial charge < -0.3 is 16.0 Å². The maximum Gasteiger partial charge on any atom is 0.217 e. The molecule has 0 atom stereocenters. The number of aromatic nitrogens is 3. The van der Waals surface area contributed by atoms with E-state index in [9.17, 15) is 4.79 Å². The maximum atomic E-state index is 11.1. The van der Waals surface area contributed by atoms with E-state index in [1.165, 1.54) is 0 Å². The Kier molecular flexibility index (Phi) is 5.42. The summed E-state index contributed by atoms with van der Waals surface area (Å²) in [6.07, 6.45) is 7.12. The molecule has 132 valence electrons. The molecule has 1 aliphatic rings. The number of rotatable bonds is 7. The van der Waals surface area contributed by atoms with Crippen LogP contribution in [-0.4, -0.2) is 40.0 Å². The average molecular weight is 340 g/mol. The Labute approximate surface area is 147 Å². The third-order valence-corrected chi connectivity index (χ3v) is 4.42. The number of nitrogens with one attached hydrogen (secondary N) is 3. The largest absolute Gasteiger partial charge is 0.383 e. The van der Waals surface area contributed by atoms with E-state index >= 15 is 0 Å². The molecule has 2 heterocycles. The molecule has 0 spiro atoms. The third-order valence-electron chi connectivity index (χ3n) is 4.42. The van der Waals surface area contributed by atoms with Gasteiger partial charge in [-0.2, -0.15) is 0 Å². The Balaban J connectivity index is 1.45. The lowest BCUT2D eigenvalue weighted by Gasteiger charge is -2.35. The summed E-state index contributed by atoms with van der Waals surface area (Å²) in [6, 6.07) is 4.26. The minimum atomic E-state index is 0.0328. The second kappa shape index (κ2) is 7.92. The number of amides is 1. The van der Waals surface area contributed by atoms with Crippen molar-refractivity contribution in [3.63, 3.8) is 0 Å². The Morgan fingerprint density at radius 2 is 2.04 bits per heavy atom. The van der Waals surface area contributed by atoms with Crippen molar-refractivity contribution in [3.8, 4) is 0 Å². The van der Waals surface area contributed by atoms with E-state index < -0.39 is 0 Å². The molecule has 1 aliphatic carbocycles. The highest BCUT2D eigenvalue weighted by molar-refractivity contribution is 5.73. The number of carbonyl (C=O) groups excluding carboxylic acids is 1. The van der Waals surface area contributed by atoms with Crippen LogP contribution in [0, 0.1) is 6.92 Å². The first kappa shape index (κ1) is 17.1. The predicted octanol–water partition coefficient (Wildman–Crippen LogP) is 2.09. The molecule has 0 saturated heterocycles. The number of pyridine rings is 1. The first-order valence-electron chi connectivity index (χ1n) is 8.59.